The summed E-state index contributed by atoms with van der Waals surface area (Å²) in [5, 5.41) is 3.53. The maximum atomic E-state index is 5.04. The molecule has 3 heteroatoms. The van der Waals surface area contributed by atoms with Gasteiger partial charge in [0.05, 0.1) is 0 Å². The zero-order valence-electron chi connectivity index (χ0n) is 11.9. The van der Waals surface area contributed by atoms with Crippen LogP contribution in [0.15, 0.2) is 0 Å². The van der Waals surface area contributed by atoms with E-state index >= 15 is 0 Å². The Morgan fingerprint density at radius 3 is 2.94 bits per heavy atom. The van der Waals surface area contributed by atoms with Crippen molar-refractivity contribution in [2.45, 2.75) is 45.6 Å². The van der Waals surface area contributed by atoms with Crippen molar-refractivity contribution in [1.29, 1.82) is 0 Å². The number of methoxy groups -OCH3 is 1. The molecule has 0 aromatic rings. The zero-order valence-corrected chi connectivity index (χ0v) is 11.9. The smallest absolute Gasteiger partial charge is 0.0474 e. The van der Waals surface area contributed by atoms with E-state index in [1.165, 1.54) is 32.4 Å². The van der Waals surface area contributed by atoms with Crippen molar-refractivity contribution in [2.24, 2.45) is 5.92 Å². The molecule has 0 aromatic heterocycles. The first-order chi connectivity index (χ1) is 8.24. The predicted molar refractivity (Wildman–Crippen MR) is 73.4 cm³/mol. The third-order valence-electron chi connectivity index (χ3n) is 3.82. The van der Waals surface area contributed by atoms with E-state index in [2.05, 4.69) is 24.1 Å². The lowest BCUT2D eigenvalue weighted by atomic mass is 10.0. The molecule has 102 valence electrons. The normalized spacial score (nSPS) is 24.5. The maximum absolute atomic E-state index is 5.04. The molecule has 3 nitrogen and oxygen atoms in total. The first-order valence-electron chi connectivity index (χ1n) is 7.17. The summed E-state index contributed by atoms with van der Waals surface area (Å²) in [6, 6.07) is 0.669. The van der Waals surface area contributed by atoms with Gasteiger partial charge in [-0.3, -0.25) is 4.90 Å². The highest BCUT2D eigenvalue weighted by Crippen LogP contribution is 2.17. The van der Waals surface area contributed by atoms with Gasteiger partial charge in [-0.2, -0.15) is 0 Å². The molecule has 0 aromatic carbocycles. The molecule has 0 amide bonds. The summed E-state index contributed by atoms with van der Waals surface area (Å²) in [6.07, 6.45) is 5.26. The summed E-state index contributed by atoms with van der Waals surface area (Å²) in [5.41, 5.74) is 0. The van der Waals surface area contributed by atoms with Crippen molar-refractivity contribution in [1.82, 2.24) is 10.2 Å². The monoisotopic (exact) mass is 242 g/mol. The van der Waals surface area contributed by atoms with Gasteiger partial charge in [0.25, 0.3) is 0 Å². The van der Waals surface area contributed by atoms with Gasteiger partial charge in [0.2, 0.25) is 0 Å². The van der Waals surface area contributed by atoms with Crippen molar-refractivity contribution in [2.75, 3.05) is 39.9 Å². The fraction of sp³-hybridized carbons (Fsp3) is 1.00. The van der Waals surface area contributed by atoms with Crippen LogP contribution in [0.25, 0.3) is 0 Å². The largest absolute Gasteiger partial charge is 0.385 e. The second kappa shape index (κ2) is 8.90. The Balaban J connectivity index is 2.11. The average Bonchev–Trinajstić information content (AvgIpc) is 2.53. The van der Waals surface area contributed by atoms with Gasteiger partial charge in [0.1, 0.15) is 0 Å². The molecule has 1 aliphatic rings. The van der Waals surface area contributed by atoms with Gasteiger partial charge in [0, 0.05) is 26.3 Å². The molecule has 0 spiro atoms. The van der Waals surface area contributed by atoms with Crippen LogP contribution in [0.4, 0.5) is 0 Å². The molecule has 1 aliphatic heterocycles. The molecule has 2 atom stereocenters. The Hall–Kier alpha value is -0.120. The molecule has 17 heavy (non-hydrogen) atoms. The van der Waals surface area contributed by atoms with Crippen LogP contribution in [0.2, 0.25) is 0 Å². The van der Waals surface area contributed by atoms with Gasteiger partial charge in [-0.25, -0.2) is 0 Å². The Morgan fingerprint density at radius 2 is 2.18 bits per heavy atom. The van der Waals surface area contributed by atoms with E-state index in [9.17, 15) is 0 Å². The molecule has 1 rings (SSSR count). The molecule has 1 heterocycles. The summed E-state index contributed by atoms with van der Waals surface area (Å²) >= 11 is 0. The van der Waals surface area contributed by atoms with Crippen LogP contribution in [0.1, 0.15) is 39.5 Å². The van der Waals surface area contributed by atoms with Gasteiger partial charge >= 0.3 is 0 Å². The molecule has 0 aliphatic carbocycles. The fourth-order valence-corrected chi connectivity index (χ4v) is 2.51. The number of hydrogen-bond donors (Lipinski definition) is 1. The number of ether oxygens (including phenoxy) is 1. The lowest BCUT2D eigenvalue weighted by molar-refractivity contribution is 0.188. The Labute approximate surface area is 107 Å². The molecular weight excluding hydrogens is 212 g/mol. The van der Waals surface area contributed by atoms with Crippen LogP contribution >= 0.6 is 0 Å². The van der Waals surface area contributed by atoms with Gasteiger partial charge in [-0.1, -0.05) is 6.92 Å². The minimum atomic E-state index is 0.669. The van der Waals surface area contributed by atoms with Crippen LogP contribution in [0, 0.1) is 5.92 Å². The quantitative estimate of drug-likeness (QED) is 0.692. The third-order valence-corrected chi connectivity index (χ3v) is 3.82. The van der Waals surface area contributed by atoms with E-state index in [1.807, 2.05) is 0 Å². The summed E-state index contributed by atoms with van der Waals surface area (Å²) in [4.78, 5) is 2.65. The Morgan fingerprint density at radius 1 is 1.35 bits per heavy atom. The molecule has 1 fully saturated rings. The first kappa shape index (κ1) is 14.9. The second-order valence-corrected chi connectivity index (χ2v) is 5.47. The molecule has 0 radical (unpaired) electrons. The van der Waals surface area contributed by atoms with Crippen molar-refractivity contribution in [3.05, 3.63) is 0 Å². The van der Waals surface area contributed by atoms with Crippen molar-refractivity contribution in [3.63, 3.8) is 0 Å². The third kappa shape index (κ3) is 6.39. The fourth-order valence-electron chi connectivity index (χ4n) is 2.51. The first-order valence-corrected chi connectivity index (χ1v) is 7.17. The molecule has 1 saturated heterocycles. The van der Waals surface area contributed by atoms with E-state index in [0.29, 0.717) is 6.04 Å². The Kier molecular flexibility index (Phi) is 7.82. The number of nitrogens with zero attached hydrogens (tertiary/aromatic N) is 1. The summed E-state index contributed by atoms with van der Waals surface area (Å²) in [6.45, 7) is 10.3. The van der Waals surface area contributed by atoms with Crippen LogP contribution in [-0.4, -0.2) is 50.8 Å². The topological polar surface area (TPSA) is 24.5 Å². The van der Waals surface area contributed by atoms with Crippen LogP contribution in [0.5, 0.6) is 0 Å². The zero-order chi connectivity index (χ0) is 12.5. The average molecular weight is 242 g/mol. The predicted octanol–water partition coefficient (Wildman–Crippen LogP) is 2.12. The molecule has 0 saturated carbocycles. The lowest BCUT2D eigenvalue weighted by Crippen LogP contribution is -2.41. The standard InChI is InChI=1S/C14H30N2O/c1-13-6-4-9-16(10-7-13)14(2)12-15-8-5-11-17-3/h13-15H,4-12H2,1-3H3. The molecule has 1 N–H and O–H groups in total. The Bertz CT molecular complexity index is 187. The van der Waals surface area contributed by atoms with E-state index in [-0.39, 0.29) is 0 Å². The number of rotatable bonds is 7. The highest BCUT2D eigenvalue weighted by atomic mass is 16.5. The highest BCUT2D eigenvalue weighted by molar-refractivity contribution is 4.74. The summed E-state index contributed by atoms with van der Waals surface area (Å²) < 4.78 is 5.04. The minimum Gasteiger partial charge on any atom is -0.385 e. The maximum Gasteiger partial charge on any atom is 0.0474 e. The van der Waals surface area contributed by atoms with Gasteiger partial charge in [0.15, 0.2) is 0 Å². The summed E-state index contributed by atoms with van der Waals surface area (Å²) in [5.74, 6) is 0.918. The van der Waals surface area contributed by atoms with Gasteiger partial charge in [-0.15, -0.1) is 0 Å². The number of nitrogens with one attached hydrogen (secondary N) is 1. The van der Waals surface area contributed by atoms with Crippen LogP contribution < -0.4 is 5.32 Å². The minimum absolute atomic E-state index is 0.669. The van der Waals surface area contributed by atoms with Crippen molar-refractivity contribution in [3.8, 4) is 0 Å². The van der Waals surface area contributed by atoms with E-state index in [1.54, 1.807) is 7.11 Å². The number of hydrogen-bond acceptors (Lipinski definition) is 3. The molecule has 0 bridgehead atoms. The number of likely N-dealkylation sites (tertiary alicyclic amines) is 1. The van der Waals surface area contributed by atoms with Gasteiger partial charge in [-0.05, 0) is 58.2 Å². The lowest BCUT2D eigenvalue weighted by Gasteiger charge is -2.28. The summed E-state index contributed by atoms with van der Waals surface area (Å²) in [7, 11) is 1.76. The van der Waals surface area contributed by atoms with E-state index < -0.39 is 0 Å². The van der Waals surface area contributed by atoms with Crippen LogP contribution in [-0.2, 0) is 4.74 Å². The van der Waals surface area contributed by atoms with Crippen LogP contribution in [0.3, 0.4) is 0 Å². The van der Waals surface area contributed by atoms with Crippen molar-refractivity contribution >= 4 is 0 Å². The SMILES string of the molecule is COCCCNCC(C)N1CCCC(C)CC1. The van der Waals surface area contributed by atoms with E-state index in [4.69, 9.17) is 4.74 Å². The molecular formula is C14H30N2O. The molecule has 2 unspecified atom stereocenters. The van der Waals surface area contributed by atoms with E-state index in [0.717, 1.165) is 32.0 Å². The highest BCUT2D eigenvalue weighted by Gasteiger charge is 2.17. The van der Waals surface area contributed by atoms with Crippen molar-refractivity contribution < 1.29 is 4.74 Å². The van der Waals surface area contributed by atoms with Gasteiger partial charge < -0.3 is 10.1 Å². The second-order valence-electron chi connectivity index (χ2n) is 5.47.